The summed E-state index contributed by atoms with van der Waals surface area (Å²) in [4.78, 5) is 4.39. The van der Waals surface area contributed by atoms with Gasteiger partial charge in [0.05, 0.1) is 16.0 Å². The van der Waals surface area contributed by atoms with Crippen LogP contribution in [0.1, 0.15) is 61.9 Å². The first-order chi connectivity index (χ1) is 16.5. The van der Waals surface area contributed by atoms with E-state index in [1.54, 1.807) is 12.3 Å². The Morgan fingerprint density at radius 1 is 0.882 bits per heavy atom. The zero-order chi connectivity index (χ0) is 23.0. The fourth-order valence-electron chi connectivity index (χ4n) is 6.31. The molecule has 0 radical (unpaired) electrons. The van der Waals surface area contributed by atoms with Crippen LogP contribution in [0.3, 0.4) is 0 Å². The van der Waals surface area contributed by atoms with E-state index in [2.05, 4.69) is 39.4 Å². The third-order valence-corrected chi connectivity index (χ3v) is 8.68. The van der Waals surface area contributed by atoms with Gasteiger partial charge in [0.1, 0.15) is 11.6 Å². The molecule has 6 nitrogen and oxygen atoms in total. The summed E-state index contributed by atoms with van der Waals surface area (Å²) in [5.74, 6) is 1.83. The summed E-state index contributed by atoms with van der Waals surface area (Å²) in [5.41, 5.74) is 2.78. The lowest BCUT2D eigenvalue weighted by Gasteiger charge is -2.27. The Morgan fingerprint density at radius 2 is 1.62 bits per heavy atom. The van der Waals surface area contributed by atoms with Crippen LogP contribution in [-0.2, 0) is 10.8 Å². The van der Waals surface area contributed by atoms with E-state index in [1.807, 2.05) is 28.8 Å². The molecule has 0 unspecified atom stereocenters. The summed E-state index contributed by atoms with van der Waals surface area (Å²) < 4.78 is 7.99. The van der Waals surface area contributed by atoms with Gasteiger partial charge in [0, 0.05) is 12.4 Å². The van der Waals surface area contributed by atoms with Gasteiger partial charge in [-0.1, -0.05) is 48.0 Å². The second-order valence-corrected chi connectivity index (χ2v) is 10.7. The average Bonchev–Trinajstić information content (AvgIpc) is 3.24. The van der Waals surface area contributed by atoms with E-state index in [0.717, 1.165) is 50.8 Å². The van der Waals surface area contributed by atoms with Crippen molar-refractivity contribution >= 4 is 17.2 Å². The molecule has 2 aromatic carbocycles. The minimum absolute atomic E-state index is 0.148. The molecule has 7 heteroatoms. The molecule has 7 rings (SSSR count). The van der Waals surface area contributed by atoms with Gasteiger partial charge >= 0.3 is 0 Å². The van der Waals surface area contributed by atoms with Crippen LogP contribution in [0.5, 0.6) is 11.6 Å². The molecular weight excluding hydrogens is 448 g/mol. The third kappa shape index (κ3) is 2.95. The molecule has 0 atom stereocenters. The molecule has 4 aromatic rings. The van der Waals surface area contributed by atoms with Gasteiger partial charge in [0.25, 0.3) is 5.88 Å². The summed E-state index contributed by atoms with van der Waals surface area (Å²) >= 11 is 6.27. The van der Waals surface area contributed by atoms with Crippen molar-refractivity contribution < 1.29 is 9.84 Å². The zero-order valence-electron chi connectivity index (χ0n) is 18.7. The number of fused-ring (bicyclic) bond motifs is 3. The Kier molecular flexibility index (Phi) is 4.22. The topological polar surface area (TPSA) is 72.5 Å². The first kappa shape index (κ1) is 20.4. The third-order valence-electron chi connectivity index (χ3n) is 8.37. The zero-order valence-corrected chi connectivity index (χ0v) is 19.5. The minimum atomic E-state index is -0.436. The van der Waals surface area contributed by atoms with Crippen molar-refractivity contribution in [1.82, 2.24) is 19.6 Å². The van der Waals surface area contributed by atoms with Crippen LogP contribution in [0.2, 0.25) is 5.02 Å². The average molecular weight is 473 g/mol. The summed E-state index contributed by atoms with van der Waals surface area (Å²) in [5, 5.41) is 20.3. The lowest BCUT2D eigenvalue weighted by atomic mass is 9.77. The van der Waals surface area contributed by atoms with Crippen molar-refractivity contribution in [2.24, 2.45) is 0 Å². The van der Waals surface area contributed by atoms with Gasteiger partial charge in [-0.05, 0) is 73.6 Å². The molecule has 2 bridgehead atoms. The van der Waals surface area contributed by atoms with Crippen LogP contribution in [0.4, 0.5) is 0 Å². The van der Waals surface area contributed by atoms with E-state index in [9.17, 15) is 5.11 Å². The fraction of sp³-hybridized carbons (Fsp3) is 0.370. The molecule has 3 aliphatic carbocycles. The normalized spacial score (nSPS) is 26.8. The highest BCUT2D eigenvalue weighted by molar-refractivity contribution is 6.32. The SMILES string of the molecule is OC12CCC(c3ccc(C4(c5nnc6c(Oc7ccccc7Cl)nccn56)CC4)cc3)(CC1)C2. The van der Waals surface area contributed by atoms with Gasteiger partial charge in [-0.2, -0.15) is 0 Å². The van der Waals surface area contributed by atoms with Gasteiger partial charge in [-0.3, -0.25) is 4.40 Å². The molecule has 0 amide bonds. The summed E-state index contributed by atoms with van der Waals surface area (Å²) in [7, 11) is 0. The number of aliphatic hydroxyl groups is 1. The molecule has 34 heavy (non-hydrogen) atoms. The molecular formula is C27H25ClN4O2. The van der Waals surface area contributed by atoms with Gasteiger partial charge < -0.3 is 9.84 Å². The number of benzene rings is 2. The Hall–Kier alpha value is -2.96. The van der Waals surface area contributed by atoms with E-state index in [-0.39, 0.29) is 10.8 Å². The Morgan fingerprint density at radius 3 is 2.29 bits per heavy atom. The number of hydrogen-bond acceptors (Lipinski definition) is 5. The van der Waals surface area contributed by atoms with Crippen molar-refractivity contribution in [3.63, 3.8) is 0 Å². The number of para-hydroxylation sites is 1. The summed E-state index contributed by atoms with van der Waals surface area (Å²) in [6.45, 7) is 0. The highest BCUT2D eigenvalue weighted by Gasteiger charge is 2.54. The van der Waals surface area contributed by atoms with E-state index < -0.39 is 5.60 Å². The smallest absolute Gasteiger partial charge is 0.265 e. The van der Waals surface area contributed by atoms with Crippen LogP contribution < -0.4 is 4.74 Å². The van der Waals surface area contributed by atoms with Crippen LogP contribution in [-0.4, -0.2) is 30.3 Å². The molecule has 3 fully saturated rings. The Balaban J connectivity index is 1.22. The van der Waals surface area contributed by atoms with Crippen LogP contribution in [0.25, 0.3) is 5.65 Å². The fourth-order valence-corrected chi connectivity index (χ4v) is 6.49. The number of hydrogen-bond donors (Lipinski definition) is 1. The molecule has 2 heterocycles. The lowest BCUT2D eigenvalue weighted by molar-refractivity contribution is 0.0521. The Labute approximate surface area is 202 Å². The van der Waals surface area contributed by atoms with Crippen molar-refractivity contribution in [2.45, 2.75) is 61.4 Å². The maximum Gasteiger partial charge on any atom is 0.265 e. The number of halogens is 1. The van der Waals surface area contributed by atoms with Crippen molar-refractivity contribution in [2.75, 3.05) is 0 Å². The van der Waals surface area contributed by atoms with Crippen molar-refractivity contribution in [1.29, 1.82) is 0 Å². The lowest BCUT2D eigenvalue weighted by Crippen LogP contribution is -2.20. The molecule has 3 saturated carbocycles. The summed E-state index contributed by atoms with van der Waals surface area (Å²) in [6, 6.07) is 16.4. The first-order valence-electron chi connectivity index (χ1n) is 12.0. The second-order valence-electron chi connectivity index (χ2n) is 10.3. The summed E-state index contributed by atoms with van der Waals surface area (Å²) in [6.07, 6.45) is 10.6. The molecule has 172 valence electrons. The van der Waals surface area contributed by atoms with Crippen molar-refractivity contribution in [3.05, 3.63) is 82.9 Å². The van der Waals surface area contributed by atoms with E-state index in [4.69, 9.17) is 16.3 Å². The van der Waals surface area contributed by atoms with Crippen LogP contribution in [0.15, 0.2) is 60.9 Å². The molecule has 1 N–H and O–H groups in total. The van der Waals surface area contributed by atoms with Gasteiger partial charge in [0.15, 0.2) is 0 Å². The highest BCUT2D eigenvalue weighted by Crippen LogP contribution is 2.58. The van der Waals surface area contributed by atoms with Gasteiger partial charge in [-0.15, -0.1) is 10.2 Å². The number of rotatable bonds is 5. The molecule has 0 saturated heterocycles. The van der Waals surface area contributed by atoms with Crippen LogP contribution in [0, 0.1) is 0 Å². The highest BCUT2D eigenvalue weighted by atomic mass is 35.5. The monoisotopic (exact) mass is 472 g/mol. The van der Waals surface area contributed by atoms with E-state index >= 15 is 0 Å². The predicted octanol–water partition coefficient (Wildman–Crippen LogP) is 5.60. The Bertz CT molecular complexity index is 1400. The van der Waals surface area contributed by atoms with Crippen molar-refractivity contribution in [3.8, 4) is 11.6 Å². The molecule has 3 aliphatic rings. The minimum Gasteiger partial charge on any atom is -0.434 e. The van der Waals surface area contributed by atoms with Gasteiger partial charge in [-0.25, -0.2) is 4.98 Å². The van der Waals surface area contributed by atoms with E-state index in [1.165, 1.54) is 11.1 Å². The predicted molar refractivity (Wildman–Crippen MR) is 128 cm³/mol. The second kappa shape index (κ2) is 7.03. The number of nitrogens with zero attached hydrogens (tertiary/aromatic N) is 4. The van der Waals surface area contributed by atoms with Crippen LogP contribution >= 0.6 is 11.6 Å². The largest absolute Gasteiger partial charge is 0.434 e. The quantitative estimate of drug-likeness (QED) is 0.409. The standard InChI is InChI=1S/C27H25ClN4O2/c28-20-3-1-2-4-21(20)34-23-22-30-31-24(32(22)16-15-29-23)27(13-14-27)19-7-5-18(6-8-19)25-9-11-26(33,17-25)12-10-25/h1-8,15-16,33H,9-14,17H2. The van der Waals surface area contributed by atoms with Gasteiger partial charge in [0.2, 0.25) is 5.65 Å². The van der Waals surface area contributed by atoms with E-state index in [0.29, 0.717) is 22.3 Å². The number of aromatic nitrogens is 4. The first-order valence-corrected chi connectivity index (χ1v) is 12.3. The number of ether oxygens (including phenoxy) is 1. The molecule has 0 aliphatic heterocycles. The maximum atomic E-state index is 10.7. The molecule has 0 spiro atoms. The molecule has 2 aromatic heterocycles. The maximum absolute atomic E-state index is 10.7.